The molecule has 0 radical (unpaired) electrons. The van der Waals surface area contributed by atoms with Gasteiger partial charge in [-0.05, 0) is 69.7 Å². The monoisotopic (exact) mass is 462 g/mol. The van der Waals surface area contributed by atoms with Crippen LogP contribution in [0.1, 0.15) is 47.8 Å². The van der Waals surface area contributed by atoms with Gasteiger partial charge in [0.15, 0.2) is 0 Å². The molecule has 2 aromatic carbocycles. The zero-order chi connectivity index (χ0) is 25.1. The summed E-state index contributed by atoms with van der Waals surface area (Å²) in [5, 5.41) is 5.03. The predicted molar refractivity (Wildman–Crippen MR) is 131 cm³/mol. The molecule has 0 bridgehead atoms. The summed E-state index contributed by atoms with van der Waals surface area (Å²) < 4.78 is 9.87. The van der Waals surface area contributed by atoms with Crippen LogP contribution < -0.4 is 10.6 Å². The van der Waals surface area contributed by atoms with Crippen LogP contribution in [0.3, 0.4) is 0 Å². The van der Waals surface area contributed by atoms with Gasteiger partial charge < -0.3 is 20.1 Å². The fourth-order valence-electron chi connectivity index (χ4n) is 2.72. The van der Waals surface area contributed by atoms with E-state index in [2.05, 4.69) is 22.5 Å². The summed E-state index contributed by atoms with van der Waals surface area (Å²) >= 11 is 0. The van der Waals surface area contributed by atoms with Gasteiger partial charge in [0.1, 0.15) is 11.6 Å². The van der Waals surface area contributed by atoms with Gasteiger partial charge in [-0.15, -0.1) is 0 Å². The first kappa shape index (κ1) is 26.2. The van der Waals surface area contributed by atoms with Gasteiger partial charge in [0.25, 0.3) is 5.91 Å². The first-order valence-electron chi connectivity index (χ1n) is 10.8. The Hall–Kier alpha value is -4.05. The standard InChI is InChI=1S/C27H30N2O5/c1-19-10-12-20(13-11-19)8-6-7-9-21-14-16-22(17-15-21)24(30)29-23(25(31)33-5)18-28-26(32)34-27(2,3)4/h6,8,10-17,23H,18H2,1-5H3,(H,28,32)(H,29,30)/b8-6+. The Balaban J connectivity index is 1.96. The number of alkyl carbamates (subject to hydrolysis) is 1. The zero-order valence-electron chi connectivity index (χ0n) is 20.1. The maximum atomic E-state index is 12.6. The van der Waals surface area contributed by atoms with Gasteiger partial charge in [0.2, 0.25) is 0 Å². The van der Waals surface area contributed by atoms with E-state index < -0.39 is 29.6 Å². The van der Waals surface area contributed by atoms with Gasteiger partial charge in [-0.2, -0.15) is 0 Å². The summed E-state index contributed by atoms with van der Waals surface area (Å²) in [6.07, 6.45) is 2.99. The van der Waals surface area contributed by atoms with Crippen molar-refractivity contribution in [2.45, 2.75) is 39.3 Å². The molecule has 2 rings (SSSR count). The smallest absolute Gasteiger partial charge is 0.407 e. The molecule has 0 fully saturated rings. The number of rotatable bonds is 6. The number of methoxy groups -OCH3 is 1. The third-order valence-corrected chi connectivity index (χ3v) is 4.44. The second kappa shape index (κ2) is 12.3. The van der Waals surface area contributed by atoms with E-state index in [0.717, 1.165) is 11.1 Å². The lowest BCUT2D eigenvalue weighted by molar-refractivity contribution is -0.142. The molecule has 2 amide bonds. The van der Waals surface area contributed by atoms with Gasteiger partial charge in [-0.3, -0.25) is 4.79 Å². The van der Waals surface area contributed by atoms with E-state index in [4.69, 9.17) is 9.47 Å². The lowest BCUT2D eigenvalue weighted by atomic mass is 10.1. The van der Waals surface area contributed by atoms with Crippen LogP contribution in [0.15, 0.2) is 54.6 Å². The Morgan fingerprint density at radius 1 is 1.03 bits per heavy atom. The van der Waals surface area contributed by atoms with Crippen molar-refractivity contribution in [3.05, 3.63) is 76.9 Å². The molecule has 1 unspecified atom stereocenters. The molecule has 7 heteroatoms. The Morgan fingerprint density at radius 2 is 1.68 bits per heavy atom. The Bertz CT molecular complexity index is 1090. The number of amides is 2. The summed E-state index contributed by atoms with van der Waals surface area (Å²) in [6.45, 7) is 7.03. The van der Waals surface area contributed by atoms with Gasteiger partial charge in [0, 0.05) is 11.1 Å². The Morgan fingerprint density at radius 3 is 2.26 bits per heavy atom. The molecule has 7 nitrogen and oxygen atoms in total. The van der Waals surface area contributed by atoms with E-state index in [1.165, 1.54) is 12.7 Å². The highest BCUT2D eigenvalue weighted by molar-refractivity contribution is 5.97. The van der Waals surface area contributed by atoms with Crippen LogP contribution in [-0.4, -0.2) is 43.3 Å². The van der Waals surface area contributed by atoms with Gasteiger partial charge in [0.05, 0.1) is 13.7 Å². The van der Waals surface area contributed by atoms with E-state index in [1.54, 1.807) is 51.1 Å². The molecule has 34 heavy (non-hydrogen) atoms. The molecule has 1 atom stereocenters. The molecule has 0 aromatic heterocycles. The van der Waals surface area contributed by atoms with Crippen molar-refractivity contribution in [1.82, 2.24) is 10.6 Å². The molecule has 178 valence electrons. The predicted octanol–water partition coefficient (Wildman–Crippen LogP) is 3.86. The average Bonchev–Trinajstić information content (AvgIpc) is 2.79. The van der Waals surface area contributed by atoms with Crippen molar-refractivity contribution < 1.29 is 23.9 Å². The van der Waals surface area contributed by atoms with Crippen LogP contribution in [-0.2, 0) is 14.3 Å². The van der Waals surface area contributed by atoms with Crippen LogP contribution in [0.4, 0.5) is 4.79 Å². The van der Waals surface area contributed by atoms with Crippen LogP contribution in [0.5, 0.6) is 0 Å². The molecule has 0 aliphatic rings. The van der Waals surface area contributed by atoms with Gasteiger partial charge >= 0.3 is 12.1 Å². The summed E-state index contributed by atoms with van der Waals surface area (Å²) in [7, 11) is 1.20. The molecule has 0 spiro atoms. The summed E-state index contributed by atoms with van der Waals surface area (Å²) in [5.74, 6) is 4.80. The molecular weight excluding hydrogens is 432 g/mol. The first-order valence-corrected chi connectivity index (χ1v) is 10.8. The van der Waals surface area contributed by atoms with Crippen molar-refractivity contribution in [2.24, 2.45) is 0 Å². The molecule has 0 saturated carbocycles. The quantitative estimate of drug-likeness (QED) is 0.502. The summed E-state index contributed by atoms with van der Waals surface area (Å²) in [5.41, 5.74) is 2.65. The lowest BCUT2D eigenvalue weighted by Gasteiger charge is -2.21. The molecule has 0 heterocycles. The molecule has 2 aromatic rings. The van der Waals surface area contributed by atoms with Gasteiger partial charge in [-0.1, -0.05) is 41.7 Å². The van der Waals surface area contributed by atoms with Crippen molar-refractivity contribution in [3.8, 4) is 11.8 Å². The Kier molecular flexibility index (Phi) is 9.45. The number of esters is 1. The minimum Gasteiger partial charge on any atom is -0.467 e. The van der Waals surface area contributed by atoms with Crippen molar-refractivity contribution in [2.75, 3.05) is 13.7 Å². The second-order valence-corrected chi connectivity index (χ2v) is 8.52. The number of hydrogen-bond donors (Lipinski definition) is 2. The Labute approximate surface area is 200 Å². The fraction of sp³-hybridized carbons (Fsp3) is 0.296. The van der Waals surface area contributed by atoms with Crippen LogP contribution >= 0.6 is 0 Å². The third kappa shape index (κ3) is 9.21. The number of hydrogen-bond acceptors (Lipinski definition) is 5. The third-order valence-electron chi connectivity index (χ3n) is 4.44. The topological polar surface area (TPSA) is 93.7 Å². The number of allylic oxidation sites excluding steroid dienone is 1. The number of carbonyl (C=O) groups excluding carboxylic acids is 3. The number of aryl methyl sites for hydroxylation is 1. The van der Waals surface area contributed by atoms with Crippen molar-refractivity contribution >= 4 is 24.0 Å². The minimum atomic E-state index is -1.07. The maximum Gasteiger partial charge on any atom is 0.407 e. The summed E-state index contributed by atoms with van der Waals surface area (Å²) in [4.78, 5) is 36.5. The van der Waals surface area contributed by atoms with Crippen LogP contribution in [0, 0.1) is 18.8 Å². The minimum absolute atomic E-state index is 0.176. The van der Waals surface area contributed by atoms with E-state index >= 15 is 0 Å². The largest absolute Gasteiger partial charge is 0.467 e. The van der Waals surface area contributed by atoms with E-state index in [0.29, 0.717) is 5.56 Å². The van der Waals surface area contributed by atoms with Crippen molar-refractivity contribution in [1.29, 1.82) is 0 Å². The van der Waals surface area contributed by atoms with Crippen LogP contribution in [0.25, 0.3) is 6.08 Å². The summed E-state index contributed by atoms with van der Waals surface area (Å²) in [6, 6.07) is 13.7. The second-order valence-electron chi connectivity index (χ2n) is 8.52. The normalized spacial score (nSPS) is 11.7. The fourth-order valence-corrected chi connectivity index (χ4v) is 2.72. The zero-order valence-corrected chi connectivity index (χ0v) is 20.1. The van der Waals surface area contributed by atoms with Crippen LogP contribution in [0.2, 0.25) is 0 Å². The highest BCUT2D eigenvalue weighted by atomic mass is 16.6. The lowest BCUT2D eigenvalue weighted by Crippen LogP contribution is -2.49. The van der Waals surface area contributed by atoms with Gasteiger partial charge in [-0.25, -0.2) is 9.59 Å². The molecule has 0 saturated heterocycles. The maximum absolute atomic E-state index is 12.6. The number of nitrogens with one attached hydrogen (secondary N) is 2. The number of ether oxygens (including phenoxy) is 2. The molecule has 0 aliphatic carbocycles. The first-order chi connectivity index (χ1) is 16.1. The highest BCUT2D eigenvalue weighted by Gasteiger charge is 2.24. The van der Waals surface area contributed by atoms with E-state index in [9.17, 15) is 14.4 Å². The number of benzene rings is 2. The van der Waals surface area contributed by atoms with Crippen molar-refractivity contribution in [3.63, 3.8) is 0 Å². The molecule has 0 aliphatic heterocycles. The highest BCUT2D eigenvalue weighted by Crippen LogP contribution is 2.08. The number of carbonyl (C=O) groups is 3. The molecule has 2 N–H and O–H groups in total. The molecular formula is C27H30N2O5. The van der Waals surface area contributed by atoms with E-state index in [1.807, 2.05) is 37.3 Å². The SMILES string of the molecule is COC(=O)C(CNC(=O)OC(C)(C)C)NC(=O)c1ccc(C#C/C=C/c2ccc(C)cc2)cc1. The average molecular weight is 463 g/mol. The van der Waals surface area contributed by atoms with E-state index in [-0.39, 0.29) is 6.54 Å².